The van der Waals surface area contributed by atoms with E-state index in [4.69, 9.17) is 10.7 Å². The van der Waals surface area contributed by atoms with Gasteiger partial charge in [-0.3, -0.25) is 5.43 Å². The van der Waals surface area contributed by atoms with Crippen LogP contribution in [0.5, 0.6) is 0 Å². The van der Waals surface area contributed by atoms with E-state index < -0.39 is 11.7 Å². The van der Waals surface area contributed by atoms with Gasteiger partial charge in [0.05, 0.1) is 11.4 Å². The van der Waals surface area contributed by atoms with Crippen LogP contribution >= 0.6 is 0 Å². The molecule has 4 aliphatic rings. The lowest BCUT2D eigenvalue weighted by Gasteiger charge is -2.33. The van der Waals surface area contributed by atoms with Crippen LogP contribution in [-0.4, -0.2) is 52.6 Å². The van der Waals surface area contributed by atoms with E-state index in [1.165, 1.54) is 6.08 Å². The molecule has 0 radical (unpaired) electrons. The summed E-state index contributed by atoms with van der Waals surface area (Å²) in [6, 6.07) is 1.93. The summed E-state index contributed by atoms with van der Waals surface area (Å²) in [6.45, 7) is 2.11. The number of hydrazone groups is 1. The summed E-state index contributed by atoms with van der Waals surface area (Å²) in [5, 5.41) is 7.79. The van der Waals surface area contributed by atoms with Gasteiger partial charge in [-0.25, -0.2) is 9.97 Å². The molecular formula is C27H30F3N7. The van der Waals surface area contributed by atoms with E-state index in [0.717, 1.165) is 50.4 Å². The van der Waals surface area contributed by atoms with Crippen molar-refractivity contribution < 1.29 is 13.2 Å². The van der Waals surface area contributed by atoms with Gasteiger partial charge in [-0.15, -0.1) is 0 Å². The molecule has 0 saturated carbocycles. The molecule has 0 unspecified atom stereocenters. The predicted molar refractivity (Wildman–Crippen MR) is 139 cm³/mol. The third-order valence-corrected chi connectivity index (χ3v) is 6.80. The molecule has 1 aromatic heterocycles. The van der Waals surface area contributed by atoms with Gasteiger partial charge in [-0.1, -0.05) is 36.5 Å². The minimum atomic E-state index is -4.40. The van der Waals surface area contributed by atoms with Crippen LogP contribution in [-0.2, 0) is 0 Å². The van der Waals surface area contributed by atoms with Crippen molar-refractivity contribution in [3.8, 4) is 0 Å². The summed E-state index contributed by atoms with van der Waals surface area (Å²) < 4.78 is 40.5. The van der Waals surface area contributed by atoms with E-state index in [-0.39, 0.29) is 12.5 Å². The van der Waals surface area contributed by atoms with Crippen molar-refractivity contribution in [2.24, 2.45) is 10.8 Å². The standard InChI is InChI=1S/C27H30F3N7/c28-27(29,30)20-8-4-7-19(15-20)25-22(16-24(35-36-25)37-13-10-21(31)11-14-37)23-9-12-32-26(34-23)33-17-18-5-2-1-3-6-18/h2,4-9,12,16,21,36H,1,3,10-11,13-15,17,31H2,(H,32,33,34). The summed E-state index contributed by atoms with van der Waals surface area (Å²) >= 11 is 0. The second kappa shape index (κ2) is 10.8. The fourth-order valence-electron chi connectivity index (χ4n) is 4.69. The van der Waals surface area contributed by atoms with Gasteiger partial charge in [0.15, 0.2) is 0 Å². The molecule has 1 aromatic rings. The number of hydrogen-bond acceptors (Lipinski definition) is 7. The number of alkyl halides is 3. The van der Waals surface area contributed by atoms with E-state index in [1.54, 1.807) is 18.3 Å². The smallest absolute Gasteiger partial charge is 0.355 e. The lowest BCUT2D eigenvalue weighted by Crippen LogP contribution is -2.43. The van der Waals surface area contributed by atoms with Crippen LogP contribution in [0.15, 0.2) is 82.3 Å². The lowest BCUT2D eigenvalue weighted by atomic mass is 9.93. The normalized spacial score (nSPS) is 22.6. The molecule has 3 heterocycles. The molecule has 0 atom stereocenters. The molecule has 194 valence electrons. The predicted octanol–water partition coefficient (Wildman–Crippen LogP) is 4.59. The van der Waals surface area contributed by atoms with Crippen LogP contribution in [0, 0.1) is 0 Å². The molecule has 4 N–H and O–H groups in total. The van der Waals surface area contributed by atoms with E-state index in [2.05, 4.69) is 44.0 Å². The SMILES string of the molecule is NC1CCN(C2=NNC(=C3C=CC=C(C(F)(F)F)C3)C(c3ccnc(NCC4=CCCC=C4)n3)=C2)CC1. The molecule has 0 aromatic carbocycles. The van der Waals surface area contributed by atoms with Gasteiger partial charge in [0.25, 0.3) is 0 Å². The van der Waals surface area contributed by atoms with Crippen molar-refractivity contribution in [1.29, 1.82) is 0 Å². The molecule has 0 bridgehead atoms. The maximum Gasteiger partial charge on any atom is 0.413 e. The van der Waals surface area contributed by atoms with Crippen molar-refractivity contribution in [3.63, 3.8) is 0 Å². The number of halogens is 3. The zero-order chi connectivity index (χ0) is 25.8. The minimum absolute atomic E-state index is 0.166. The van der Waals surface area contributed by atoms with E-state index in [0.29, 0.717) is 40.9 Å². The average molecular weight is 510 g/mol. The Kier molecular flexibility index (Phi) is 7.27. The van der Waals surface area contributed by atoms with Crippen LogP contribution in [0.3, 0.4) is 0 Å². The second-order valence-electron chi connectivity index (χ2n) is 9.47. The molecule has 1 saturated heterocycles. The Morgan fingerprint density at radius 2 is 2.00 bits per heavy atom. The first-order valence-electron chi connectivity index (χ1n) is 12.5. The van der Waals surface area contributed by atoms with E-state index >= 15 is 0 Å². The average Bonchev–Trinajstić information content (AvgIpc) is 2.92. The fraction of sp³-hybridized carbons (Fsp3) is 0.370. The zero-order valence-electron chi connectivity index (χ0n) is 20.4. The number of allylic oxidation sites excluding steroid dienone is 8. The Morgan fingerprint density at radius 3 is 2.76 bits per heavy atom. The molecule has 7 nitrogen and oxygen atoms in total. The topological polar surface area (TPSA) is 91.5 Å². The van der Waals surface area contributed by atoms with Crippen LogP contribution < -0.4 is 16.5 Å². The van der Waals surface area contributed by atoms with Crippen molar-refractivity contribution in [2.75, 3.05) is 25.0 Å². The molecule has 0 spiro atoms. The van der Waals surface area contributed by atoms with Gasteiger partial charge < -0.3 is 16.0 Å². The molecule has 10 heteroatoms. The first-order chi connectivity index (χ1) is 17.9. The van der Waals surface area contributed by atoms with Gasteiger partial charge in [0.2, 0.25) is 5.95 Å². The number of rotatable bonds is 4. The Morgan fingerprint density at radius 1 is 1.16 bits per heavy atom. The number of aromatic nitrogens is 2. The minimum Gasteiger partial charge on any atom is -0.355 e. The van der Waals surface area contributed by atoms with E-state index in [9.17, 15) is 13.2 Å². The summed E-state index contributed by atoms with van der Waals surface area (Å²) in [4.78, 5) is 11.2. The van der Waals surface area contributed by atoms with Crippen LogP contribution in [0.25, 0.3) is 5.57 Å². The number of nitrogens with one attached hydrogen (secondary N) is 2. The largest absolute Gasteiger partial charge is 0.413 e. The van der Waals surface area contributed by atoms with Crippen molar-refractivity contribution in [1.82, 2.24) is 20.3 Å². The van der Waals surface area contributed by atoms with Crippen molar-refractivity contribution in [2.45, 2.75) is 44.3 Å². The van der Waals surface area contributed by atoms with Crippen molar-refractivity contribution in [3.05, 3.63) is 82.9 Å². The van der Waals surface area contributed by atoms with Crippen LogP contribution in [0.4, 0.5) is 19.1 Å². The molecule has 5 rings (SSSR count). The number of nitrogens with zero attached hydrogens (tertiary/aromatic N) is 4. The highest BCUT2D eigenvalue weighted by Gasteiger charge is 2.35. The zero-order valence-corrected chi connectivity index (χ0v) is 20.4. The number of hydrogen-bond donors (Lipinski definition) is 3. The van der Waals surface area contributed by atoms with Gasteiger partial charge in [-0.05, 0) is 49.0 Å². The number of piperidine rings is 1. The highest BCUT2D eigenvalue weighted by Crippen LogP contribution is 2.37. The monoisotopic (exact) mass is 509 g/mol. The van der Waals surface area contributed by atoms with Crippen LogP contribution in [0.2, 0.25) is 0 Å². The summed E-state index contributed by atoms with van der Waals surface area (Å²) in [5.74, 6) is 1.16. The second-order valence-corrected chi connectivity index (χ2v) is 9.47. The highest BCUT2D eigenvalue weighted by molar-refractivity contribution is 6.03. The molecule has 0 amide bonds. The number of amidine groups is 1. The highest BCUT2D eigenvalue weighted by atomic mass is 19.4. The third kappa shape index (κ3) is 6.02. The van der Waals surface area contributed by atoms with Gasteiger partial charge in [-0.2, -0.15) is 18.3 Å². The first kappa shape index (κ1) is 25.0. The van der Waals surface area contributed by atoms with Crippen LogP contribution in [0.1, 0.15) is 37.8 Å². The molecule has 37 heavy (non-hydrogen) atoms. The Hall–Kier alpha value is -3.66. The Balaban J connectivity index is 1.46. The number of likely N-dealkylation sites (tertiary alicyclic amines) is 1. The van der Waals surface area contributed by atoms with Gasteiger partial charge >= 0.3 is 6.18 Å². The molecular weight excluding hydrogens is 479 g/mol. The van der Waals surface area contributed by atoms with Gasteiger partial charge in [0.1, 0.15) is 5.84 Å². The lowest BCUT2D eigenvalue weighted by molar-refractivity contribution is -0.0932. The summed E-state index contributed by atoms with van der Waals surface area (Å²) in [7, 11) is 0. The Bertz CT molecular complexity index is 1240. The summed E-state index contributed by atoms with van der Waals surface area (Å²) in [6.07, 6.45) is 13.3. The van der Waals surface area contributed by atoms with Crippen molar-refractivity contribution >= 4 is 17.4 Å². The molecule has 2 aliphatic carbocycles. The summed E-state index contributed by atoms with van der Waals surface area (Å²) in [5.41, 5.74) is 12.0. The maximum atomic E-state index is 13.5. The molecule has 1 fully saturated rings. The maximum absolute atomic E-state index is 13.5. The molecule has 2 aliphatic heterocycles. The Labute approximate surface area is 214 Å². The first-order valence-corrected chi connectivity index (χ1v) is 12.5. The van der Waals surface area contributed by atoms with Gasteiger partial charge in [0, 0.05) is 49.4 Å². The fourth-order valence-corrected chi connectivity index (χ4v) is 4.69. The quantitative estimate of drug-likeness (QED) is 0.550. The number of anilines is 1. The number of nitrogens with two attached hydrogens (primary N) is 1. The third-order valence-electron chi connectivity index (χ3n) is 6.80. The van der Waals surface area contributed by atoms with E-state index in [1.807, 2.05) is 6.08 Å².